The first-order valence-electron chi connectivity index (χ1n) is 12.4. The van der Waals surface area contributed by atoms with Crippen LogP contribution in [0.3, 0.4) is 0 Å². The van der Waals surface area contributed by atoms with Crippen LogP contribution in [0.25, 0.3) is 0 Å². The zero-order chi connectivity index (χ0) is 26.0. The van der Waals surface area contributed by atoms with E-state index in [4.69, 9.17) is 0 Å². The highest BCUT2D eigenvalue weighted by Gasteiger charge is 2.34. The molecule has 36 heavy (non-hydrogen) atoms. The number of halogens is 1. The second-order valence-corrected chi connectivity index (χ2v) is 11.3. The molecule has 0 radical (unpaired) electrons. The van der Waals surface area contributed by atoms with Crippen molar-refractivity contribution >= 4 is 33.2 Å². The fourth-order valence-corrected chi connectivity index (χ4v) is 6.16. The summed E-state index contributed by atoms with van der Waals surface area (Å²) in [5.74, 6) is -0.865. The first kappa shape index (κ1) is 26.1. The molecule has 2 aromatic rings. The number of nitrogens with one attached hydrogen (secondary N) is 1. The predicted molar refractivity (Wildman–Crippen MR) is 137 cm³/mol. The highest BCUT2D eigenvalue weighted by atomic mass is 32.2. The number of hydrogen-bond donors (Lipinski definition) is 1. The van der Waals surface area contributed by atoms with Crippen LogP contribution in [0.2, 0.25) is 0 Å². The van der Waals surface area contributed by atoms with Crippen LogP contribution in [0.1, 0.15) is 32.8 Å². The first-order chi connectivity index (χ1) is 17.1. The molecular formula is C26H33FN4O4S. The first-order valence-corrected chi connectivity index (χ1v) is 13.8. The number of para-hydroxylation sites is 1. The number of benzene rings is 2. The van der Waals surface area contributed by atoms with Crippen molar-refractivity contribution in [3.05, 3.63) is 53.8 Å². The molecule has 1 atom stereocenters. The van der Waals surface area contributed by atoms with Crippen LogP contribution in [0, 0.1) is 11.7 Å². The summed E-state index contributed by atoms with van der Waals surface area (Å²) in [6.07, 6.45) is 0.969. The molecule has 2 aromatic carbocycles. The summed E-state index contributed by atoms with van der Waals surface area (Å²) in [5.41, 5.74) is 2.04. The van der Waals surface area contributed by atoms with Crippen molar-refractivity contribution in [1.82, 2.24) is 9.62 Å². The average molecular weight is 517 g/mol. The zero-order valence-corrected chi connectivity index (χ0v) is 21.7. The van der Waals surface area contributed by atoms with E-state index >= 15 is 0 Å². The normalized spacial score (nSPS) is 16.9. The Morgan fingerprint density at radius 3 is 2.33 bits per heavy atom. The molecule has 4 rings (SSSR count). The van der Waals surface area contributed by atoms with Gasteiger partial charge in [-0.2, -0.15) is 4.72 Å². The Bertz CT molecular complexity index is 1240. The Balaban J connectivity index is 1.46. The summed E-state index contributed by atoms with van der Waals surface area (Å²) in [7, 11) is -3.97. The van der Waals surface area contributed by atoms with Gasteiger partial charge in [0.15, 0.2) is 0 Å². The van der Waals surface area contributed by atoms with Gasteiger partial charge in [0.05, 0.1) is 10.6 Å². The summed E-state index contributed by atoms with van der Waals surface area (Å²) < 4.78 is 43.3. The molecule has 194 valence electrons. The summed E-state index contributed by atoms with van der Waals surface area (Å²) >= 11 is 0. The molecule has 2 amide bonds. The lowest BCUT2D eigenvalue weighted by Crippen LogP contribution is -2.56. The highest BCUT2D eigenvalue weighted by Crippen LogP contribution is 2.31. The van der Waals surface area contributed by atoms with E-state index in [9.17, 15) is 22.4 Å². The smallest absolute Gasteiger partial charge is 0.241 e. The zero-order valence-electron chi connectivity index (χ0n) is 20.9. The molecule has 2 heterocycles. The molecule has 2 aliphatic rings. The SMILES string of the molecule is CCC(=O)N1CCc2cc(S(=O)(=O)NC(C(=O)N3CCN(c4ccccc4F)CC3)C(C)C)ccc21. The predicted octanol–water partition coefficient (Wildman–Crippen LogP) is 2.78. The van der Waals surface area contributed by atoms with Crippen molar-refractivity contribution in [2.45, 2.75) is 44.6 Å². The number of amides is 2. The van der Waals surface area contributed by atoms with Crippen LogP contribution < -0.4 is 14.5 Å². The molecule has 2 aliphatic heterocycles. The molecule has 1 fully saturated rings. The van der Waals surface area contributed by atoms with Crippen LogP contribution in [0.4, 0.5) is 15.8 Å². The van der Waals surface area contributed by atoms with E-state index in [0.717, 1.165) is 11.3 Å². The lowest BCUT2D eigenvalue weighted by Gasteiger charge is -2.38. The standard InChI is InChI=1S/C26H33FN4O4S/c1-4-24(32)31-12-11-19-17-20(9-10-22(19)31)36(34,35)28-25(18(2)3)26(33)30-15-13-29(14-16-30)23-8-6-5-7-21(23)27/h5-10,17-18,25,28H,4,11-16H2,1-3H3. The molecule has 0 bridgehead atoms. The maximum atomic E-state index is 14.2. The molecule has 0 aromatic heterocycles. The minimum atomic E-state index is -3.97. The molecule has 1 saturated heterocycles. The van der Waals surface area contributed by atoms with Gasteiger partial charge in [0.1, 0.15) is 11.9 Å². The second kappa shape index (κ2) is 10.6. The van der Waals surface area contributed by atoms with Crippen LogP contribution in [0.15, 0.2) is 47.4 Å². The van der Waals surface area contributed by atoms with Crippen molar-refractivity contribution in [3.8, 4) is 0 Å². The number of carbonyl (C=O) groups is 2. The Hall–Kier alpha value is -2.98. The Kier molecular flexibility index (Phi) is 7.65. The van der Waals surface area contributed by atoms with E-state index in [-0.39, 0.29) is 28.4 Å². The lowest BCUT2D eigenvalue weighted by atomic mass is 10.0. The van der Waals surface area contributed by atoms with Crippen LogP contribution in [-0.4, -0.2) is 63.9 Å². The van der Waals surface area contributed by atoms with E-state index in [2.05, 4.69) is 4.72 Å². The van der Waals surface area contributed by atoms with Crippen molar-refractivity contribution in [3.63, 3.8) is 0 Å². The number of nitrogens with zero attached hydrogens (tertiary/aromatic N) is 3. The molecule has 8 nitrogen and oxygen atoms in total. The number of carbonyl (C=O) groups excluding carboxylic acids is 2. The summed E-state index contributed by atoms with van der Waals surface area (Å²) in [6.45, 7) is 7.60. The third kappa shape index (κ3) is 5.24. The van der Waals surface area contributed by atoms with E-state index in [1.807, 2.05) is 4.90 Å². The van der Waals surface area contributed by atoms with Crippen LogP contribution >= 0.6 is 0 Å². The minimum absolute atomic E-state index is 0.00282. The summed E-state index contributed by atoms with van der Waals surface area (Å²) in [6, 6.07) is 10.4. The van der Waals surface area contributed by atoms with Crippen molar-refractivity contribution in [2.24, 2.45) is 5.92 Å². The molecule has 0 spiro atoms. The van der Waals surface area contributed by atoms with Gasteiger partial charge in [0.25, 0.3) is 0 Å². The van der Waals surface area contributed by atoms with Gasteiger partial charge >= 0.3 is 0 Å². The quantitative estimate of drug-likeness (QED) is 0.611. The summed E-state index contributed by atoms with van der Waals surface area (Å²) in [4.78, 5) is 30.8. The number of rotatable bonds is 7. The van der Waals surface area contributed by atoms with Gasteiger partial charge in [-0.25, -0.2) is 12.8 Å². The van der Waals surface area contributed by atoms with Crippen LogP contribution in [0.5, 0.6) is 0 Å². The minimum Gasteiger partial charge on any atom is -0.366 e. The van der Waals surface area contributed by atoms with Gasteiger partial charge in [0.2, 0.25) is 21.8 Å². The maximum absolute atomic E-state index is 14.2. The molecule has 1 unspecified atom stereocenters. The highest BCUT2D eigenvalue weighted by molar-refractivity contribution is 7.89. The van der Waals surface area contributed by atoms with E-state index in [0.29, 0.717) is 51.3 Å². The van der Waals surface area contributed by atoms with Gasteiger partial charge in [-0.05, 0) is 48.2 Å². The largest absolute Gasteiger partial charge is 0.366 e. The molecule has 0 saturated carbocycles. The van der Waals surface area contributed by atoms with Gasteiger partial charge in [-0.15, -0.1) is 0 Å². The molecule has 10 heteroatoms. The number of anilines is 2. The number of piperazine rings is 1. The Labute approximate surface area is 212 Å². The van der Waals surface area contributed by atoms with E-state index in [1.54, 1.807) is 60.9 Å². The lowest BCUT2D eigenvalue weighted by molar-refractivity contribution is -0.134. The average Bonchev–Trinajstić information content (AvgIpc) is 3.30. The van der Waals surface area contributed by atoms with Crippen molar-refractivity contribution in [1.29, 1.82) is 0 Å². The topological polar surface area (TPSA) is 90.0 Å². The summed E-state index contributed by atoms with van der Waals surface area (Å²) in [5, 5.41) is 0. The molecule has 1 N–H and O–H groups in total. The second-order valence-electron chi connectivity index (χ2n) is 9.55. The van der Waals surface area contributed by atoms with Crippen molar-refractivity contribution < 1.29 is 22.4 Å². The maximum Gasteiger partial charge on any atom is 0.241 e. The van der Waals surface area contributed by atoms with E-state index < -0.39 is 16.1 Å². The van der Waals surface area contributed by atoms with Gasteiger partial charge in [0, 0.05) is 44.8 Å². The monoisotopic (exact) mass is 516 g/mol. The number of hydrogen-bond acceptors (Lipinski definition) is 5. The van der Waals surface area contributed by atoms with Crippen LogP contribution in [-0.2, 0) is 26.0 Å². The third-order valence-corrected chi connectivity index (χ3v) is 8.30. The third-order valence-electron chi connectivity index (χ3n) is 6.86. The van der Waals surface area contributed by atoms with Gasteiger partial charge in [-0.1, -0.05) is 32.9 Å². The molecular weight excluding hydrogens is 483 g/mol. The van der Waals surface area contributed by atoms with Gasteiger partial charge in [-0.3, -0.25) is 9.59 Å². The fourth-order valence-electron chi connectivity index (χ4n) is 4.77. The molecule has 0 aliphatic carbocycles. The Morgan fingerprint density at radius 1 is 1.00 bits per heavy atom. The van der Waals surface area contributed by atoms with Crippen molar-refractivity contribution in [2.75, 3.05) is 42.5 Å². The Morgan fingerprint density at radius 2 is 1.69 bits per heavy atom. The van der Waals surface area contributed by atoms with Gasteiger partial charge < -0.3 is 14.7 Å². The number of sulfonamides is 1. The fraction of sp³-hybridized carbons (Fsp3) is 0.462. The number of fused-ring (bicyclic) bond motifs is 1. The van der Waals surface area contributed by atoms with E-state index in [1.165, 1.54) is 12.1 Å².